The van der Waals surface area contributed by atoms with Crippen molar-refractivity contribution in [3.8, 4) is 17.2 Å². The molecule has 26 heavy (non-hydrogen) atoms. The average Bonchev–Trinajstić information content (AvgIpc) is 2.60. The number of carbonyl (C=O) groups is 2. The second kappa shape index (κ2) is 8.38. The van der Waals surface area contributed by atoms with Crippen LogP contribution in [0.4, 0.5) is 0 Å². The summed E-state index contributed by atoms with van der Waals surface area (Å²) < 4.78 is 11.0. The molecule has 0 fully saturated rings. The molecule has 6 nitrogen and oxygen atoms in total. The van der Waals surface area contributed by atoms with E-state index in [2.05, 4.69) is 0 Å². The maximum Gasteiger partial charge on any atom is 0.336 e. The Labute approximate surface area is 152 Å². The highest BCUT2D eigenvalue weighted by Crippen LogP contribution is 2.31. The highest BCUT2D eigenvalue weighted by atomic mass is 16.7. The number of aromatic hydroxyl groups is 1. The molecule has 0 unspecified atom stereocenters. The van der Waals surface area contributed by atoms with Crippen LogP contribution in [0.3, 0.4) is 0 Å². The molecule has 0 radical (unpaired) electrons. The molecule has 2 N–H and O–H groups in total. The lowest BCUT2D eigenvalue weighted by Crippen LogP contribution is -2.09. The third-order valence-electron chi connectivity index (χ3n) is 4.10. The van der Waals surface area contributed by atoms with Crippen molar-refractivity contribution in [3.05, 3.63) is 52.6 Å². The van der Waals surface area contributed by atoms with Crippen LogP contribution in [0.25, 0.3) is 0 Å². The van der Waals surface area contributed by atoms with Crippen LogP contribution in [0.2, 0.25) is 0 Å². The first-order valence-electron chi connectivity index (χ1n) is 8.31. The lowest BCUT2D eigenvalue weighted by Gasteiger charge is -2.14. The molecular formula is C20H22O6. The van der Waals surface area contributed by atoms with Gasteiger partial charge in [-0.1, -0.05) is 13.0 Å². The molecule has 0 saturated heterocycles. The number of hydrogen-bond acceptors (Lipinski definition) is 5. The Hall–Kier alpha value is -3.02. The molecule has 0 spiro atoms. The molecule has 0 saturated carbocycles. The van der Waals surface area contributed by atoms with E-state index in [0.717, 1.165) is 0 Å². The predicted molar refractivity (Wildman–Crippen MR) is 96.3 cm³/mol. The molecule has 0 aliphatic rings. The van der Waals surface area contributed by atoms with Gasteiger partial charge in [0.15, 0.2) is 5.78 Å². The summed E-state index contributed by atoms with van der Waals surface area (Å²) in [6.07, 6.45) is 1.08. The molecule has 0 aromatic heterocycles. The van der Waals surface area contributed by atoms with Crippen molar-refractivity contribution in [1.82, 2.24) is 0 Å². The quantitative estimate of drug-likeness (QED) is 0.545. The molecule has 0 amide bonds. The van der Waals surface area contributed by atoms with E-state index in [4.69, 9.17) is 14.6 Å². The Morgan fingerprint density at radius 1 is 0.962 bits per heavy atom. The van der Waals surface area contributed by atoms with Crippen LogP contribution in [0.1, 0.15) is 51.6 Å². The Balaban J connectivity index is 2.09. The van der Waals surface area contributed by atoms with Gasteiger partial charge in [-0.3, -0.25) is 4.79 Å². The molecule has 0 bridgehead atoms. The standard InChI is InChI=1S/C20H22O6/c1-4-6-16(21)15-9-10-18(13(3)19(15)22)26-11-25-17-8-5-7-14(12(17)2)20(23)24/h5,7-10,22H,4,6,11H2,1-3H3,(H,23,24). The summed E-state index contributed by atoms with van der Waals surface area (Å²) in [6, 6.07) is 7.90. The lowest BCUT2D eigenvalue weighted by molar-refractivity contribution is 0.0693. The van der Waals surface area contributed by atoms with Gasteiger partial charge in [0.1, 0.15) is 17.2 Å². The van der Waals surface area contributed by atoms with E-state index in [0.29, 0.717) is 35.5 Å². The zero-order valence-corrected chi connectivity index (χ0v) is 15.0. The van der Waals surface area contributed by atoms with Crippen LogP contribution in [0, 0.1) is 13.8 Å². The summed E-state index contributed by atoms with van der Waals surface area (Å²) in [5, 5.41) is 19.4. The van der Waals surface area contributed by atoms with Crippen LogP contribution in [-0.4, -0.2) is 28.8 Å². The fourth-order valence-electron chi connectivity index (χ4n) is 2.58. The van der Waals surface area contributed by atoms with Gasteiger partial charge in [-0.15, -0.1) is 0 Å². The summed E-state index contributed by atoms with van der Waals surface area (Å²) in [4.78, 5) is 23.1. The molecule has 2 rings (SSSR count). The van der Waals surface area contributed by atoms with Crippen molar-refractivity contribution in [3.63, 3.8) is 0 Å². The van der Waals surface area contributed by atoms with Crippen molar-refractivity contribution < 1.29 is 29.3 Å². The Morgan fingerprint density at radius 3 is 2.23 bits per heavy atom. The van der Waals surface area contributed by atoms with Crippen molar-refractivity contribution >= 4 is 11.8 Å². The first-order valence-corrected chi connectivity index (χ1v) is 8.31. The molecule has 0 atom stereocenters. The minimum absolute atomic E-state index is 0.0926. The number of phenolic OH excluding ortho intramolecular Hbond substituents is 1. The third kappa shape index (κ3) is 4.14. The molecule has 6 heteroatoms. The van der Waals surface area contributed by atoms with Gasteiger partial charge in [-0.05, 0) is 44.5 Å². The van der Waals surface area contributed by atoms with Crippen LogP contribution >= 0.6 is 0 Å². The van der Waals surface area contributed by atoms with Gasteiger partial charge >= 0.3 is 5.97 Å². The molecule has 0 aliphatic heterocycles. The number of benzene rings is 2. The van der Waals surface area contributed by atoms with Gasteiger partial charge in [-0.25, -0.2) is 4.79 Å². The number of ketones is 1. The van der Waals surface area contributed by atoms with Crippen molar-refractivity contribution in [2.24, 2.45) is 0 Å². The number of aromatic carboxylic acids is 1. The number of hydrogen-bond donors (Lipinski definition) is 2. The van der Waals surface area contributed by atoms with E-state index in [9.17, 15) is 14.7 Å². The zero-order chi connectivity index (χ0) is 19.3. The first-order chi connectivity index (χ1) is 12.4. The number of carbonyl (C=O) groups excluding carboxylic acids is 1. The van der Waals surface area contributed by atoms with Crippen molar-refractivity contribution in [2.75, 3.05) is 6.79 Å². The number of phenols is 1. The maximum atomic E-state index is 12.0. The zero-order valence-electron chi connectivity index (χ0n) is 15.0. The SMILES string of the molecule is CCCC(=O)c1ccc(OCOc2cccc(C(=O)O)c2C)c(C)c1O. The van der Waals surface area contributed by atoms with E-state index < -0.39 is 5.97 Å². The van der Waals surface area contributed by atoms with Gasteiger partial charge in [0, 0.05) is 17.5 Å². The van der Waals surface area contributed by atoms with Gasteiger partial charge in [0.25, 0.3) is 0 Å². The van der Waals surface area contributed by atoms with Crippen LogP contribution in [0.5, 0.6) is 17.2 Å². The minimum atomic E-state index is -1.03. The van der Waals surface area contributed by atoms with Crippen molar-refractivity contribution in [1.29, 1.82) is 0 Å². The summed E-state index contributed by atoms with van der Waals surface area (Å²) in [5.74, 6) is -0.437. The molecule has 2 aromatic rings. The predicted octanol–water partition coefficient (Wildman–Crippen LogP) is 4.11. The molecular weight excluding hydrogens is 336 g/mol. The van der Waals surface area contributed by atoms with E-state index in [-0.39, 0.29) is 29.5 Å². The largest absolute Gasteiger partial charge is 0.507 e. The van der Waals surface area contributed by atoms with E-state index >= 15 is 0 Å². The number of carboxylic acids is 1. The van der Waals surface area contributed by atoms with Crippen LogP contribution < -0.4 is 9.47 Å². The van der Waals surface area contributed by atoms with Gasteiger partial charge in [0.2, 0.25) is 6.79 Å². The fraction of sp³-hybridized carbons (Fsp3) is 0.300. The summed E-state index contributed by atoms with van der Waals surface area (Å²) >= 11 is 0. The second-order valence-electron chi connectivity index (χ2n) is 5.90. The third-order valence-corrected chi connectivity index (χ3v) is 4.10. The number of ether oxygens (including phenoxy) is 2. The molecule has 0 heterocycles. The Bertz CT molecular complexity index is 825. The fourth-order valence-corrected chi connectivity index (χ4v) is 2.58. The van der Waals surface area contributed by atoms with Crippen molar-refractivity contribution in [2.45, 2.75) is 33.6 Å². The average molecular weight is 358 g/mol. The molecule has 0 aliphatic carbocycles. The van der Waals surface area contributed by atoms with Gasteiger partial charge < -0.3 is 19.7 Å². The molecule has 138 valence electrons. The Kier molecular flexibility index (Phi) is 6.22. The number of carboxylic acid groups (broad SMARTS) is 1. The number of Topliss-reactive ketones (excluding diaryl/α,β-unsaturated/α-hetero) is 1. The van der Waals surface area contributed by atoms with Gasteiger partial charge in [0.05, 0.1) is 11.1 Å². The summed E-state index contributed by atoms with van der Waals surface area (Å²) in [6.45, 7) is 5.05. The van der Waals surface area contributed by atoms with E-state index in [1.807, 2.05) is 6.92 Å². The topological polar surface area (TPSA) is 93.1 Å². The normalized spacial score (nSPS) is 10.4. The monoisotopic (exact) mass is 358 g/mol. The van der Waals surface area contributed by atoms with E-state index in [1.165, 1.54) is 12.1 Å². The minimum Gasteiger partial charge on any atom is -0.507 e. The summed E-state index contributed by atoms with van der Waals surface area (Å²) in [5.41, 5.74) is 1.40. The number of rotatable bonds is 8. The maximum absolute atomic E-state index is 12.0. The highest BCUT2D eigenvalue weighted by molar-refractivity contribution is 5.99. The highest BCUT2D eigenvalue weighted by Gasteiger charge is 2.16. The van der Waals surface area contributed by atoms with Gasteiger partial charge in [-0.2, -0.15) is 0 Å². The smallest absolute Gasteiger partial charge is 0.336 e. The van der Waals surface area contributed by atoms with E-state index in [1.54, 1.807) is 32.0 Å². The summed E-state index contributed by atoms with van der Waals surface area (Å²) in [7, 11) is 0. The molecule has 2 aromatic carbocycles. The second-order valence-corrected chi connectivity index (χ2v) is 5.90. The lowest BCUT2D eigenvalue weighted by atomic mass is 10.0. The van der Waals surface area contributed by atoms with Crippen LogP contribution in [-0.2, 0) is 0 Å². The Morgan fingerprint density at radius 2 is 1.62 bits per heavy atom. The van der Waals surface area contributed by atoms with Crippen LogP contribution in [0.15, 0.2) is 30.3 Å². The first kappa shape index (κ1) is 19.3.